The first kappa shape index (κ1) is 14.4. The van der Waals surface area contributed by atoms with Gasteiger partial charge in [0, 0.05) is 31.9 Å². The SMILES string of the molecule is CCc1ccc(CN2CCCC(Cn3ccnc3C)C2)o1. The van der Waals surface area contributed by atoms with Gasteiger partial charge in [0.2, 0.25) is 0 Å². The van der Waals surface area contributed by atoms with Crippen molar-refractivity contribution >= 4 is 0 Å². The average Bonchev–Trinajstić information content (AvgIpc) is 3.09. The Bertz CT molecular complexity index is 572. The third kappa shape index (κ3) is 3.56. The van der Waals surface area contributed by atoms with Crippen molar-refractivity contribution in [1.82, 2.24) is 14.5 Å². The zero-order valence-corrected chi connectivity index (χ0v) is 13.1. The predicted molar refractivity (Wildman–Crippen MR) is 83.1 cm³/mol. The summed E-state index contributed by atoms with van der Waals surface area (Å²) in [5.74, 6) is 4.02. The molecule has 1 unspecified atom stereocenters. The summed E-state index contributed by atoms with van der Waals surface area (Å²) in [7, 11) is 0. The third-order valence-electron chi connectivity index (χ3n) is 4.43. The number of imidazole rings is 1. The average molecular weight is 287 g/mol. The van der Waals surface area contributed by atoms with Gasteiger partial charge in [-0.2, -0.15) is 0 Å². The van der Waals surface area contributed by atoms with Crippen molar-refractivity contribution < 1.29 is 4.42 Å². The smallest absolute Gasteiger partial charge is 0.118 e. The molecule has 0 saturated carbocycles. The molecule has 1 aliphatic rings. The first-order valence-corrected chi connectivity index (χ1v) is 8.02. The van der Waals surface area contributed by atoms with Gasteiger partial charge in [-0.15, -0.1) is 0 Å². The molecule has 1 fully saturated rings. The van der Waals surface area contributed by atoms with E-state index < -0.39 is 0 Å². The van der Waals surface area contributed by atoms with E-state index in [2.05, 4.69) is 46.6 Å². The van der Waals surface area contributed by atoms with Crippen molar-refractivity contribution in [1.29, 1.82) is 0 Å². The van der Waals surface area contributed by atoms with Gasteiger partial charge in [-0.1, -0.05) is 6.92 Å². The quantitative estimate of drug-likeness (QED) is 0.846. The van der Waals surface area contributed by atoms with E-state index in [1.165, 1.54) is 19.4 Å². The van der Waals surface area contributed by atoms with Crippen LogP contribution in [0.2, 0.25) is 0 Å². The predicted octanol–water partition coefficient (Wildman–Crippen LogP) is 3.26. The van der Waals surface area contributed by atoms with Crippen molar-refractivity contribution in [2.24, 2.45) is 5.92 Å². The van der Waals surface area contributed by atoms with Crippen LogP contribution in [0.3, 0.4) is 0 Å². The number of furan rings is 1. The van der Waals surface area contributed by atoms with Crippen molar-refractivity contribution in [3.8, 4) is 0 Å². The van der Waals surface area contributed by atoms with Crippen LogP contribution in [0.4, 0.5) is 0 Å². The molecule has 0 amide bonds. The van der Waals surface area contributed by atoms with Crippen LogP contribution in [0.5, 0.6) is 0 Å². The summed E-state index contributed by atoms with van der Waals surface area (Å²) in [5, 5.41) is 0. The molecule has 2 aromatic heterocycles. The Labute approximate surface area is 126 Å². The molecule has 1 saturated heterocycles. The molecular weight excluding hydrogens is 262 g/mol. The normalized spacial score (nSPS) is 20.0. The van der Waals surface area contributed by atoms with E-state index >= 15 is 0 Å². The second-order valence-corrected chi connectivity index (χ2v) is 6.09. The molecule has 1 aliphatic heterocycles. The van der Waals surface area contributed by atoms with Gasteiger partial charge >= 0.3 is 0 Å². The summed E-state index contributed by atoms with van der Waals surface area (Å²) < 4.78 is 8.11. The van der Waals surface area contributed by atoms with Gasteiger partial charge < -0.3 is 8.98 Å². The van der Waals surface area contributed by atoms with Crippen LogP contribution in [-0.2, 0) is 19.5 Å². The van der Waals surface area contributed by atoms with E-state index in [9.17, 15) is 0 Å². The molecule has 1 atom stereocenters. The number of piperidine rings is 1. The fourth-order valence-corrected chi connectivity index (χ4v) is 3.24. The largest absolute Gasteiger partial charge is 0.465 e. The molecule has 4 heteroatoms. The van der Waals surface area contributed by atoms with E-state index in [0.29, 0.717) is 5.92 Å². The van der Waals surface area contributed by atoms with Crippen molar-refractivity contribution in [3.63, 3.8) is 0 Å². The molecule has 2 aromatic rings. The summed E-state index contributed by atoms with van der Waals surface area (Å²) in [5.41, 5.74) is 0. The van der Waals surface area contributed by atoms with Crippen LogP contribution in [0, 0.1) is 12.8 Å². The fraction of sp³-hybridized carbons (Fsp3) is 0.588. The van der Waals surface area contributed by atoms with Gasteiger partial charge in [-0.3, -0.25) is 4.90 Å². The molecular formula is C17H25N3O. The first-order valence-electron chi connectivity index (χ1n) is 8.02. The fourth-order valence-electron chi connectivity index (χ4n) is 3.24. The van der Waals surface area contributed by atoms with Crippen LogP contribution in [0.1, 0.15) is 37.1 Å². The minimum absolute atomic E-state index is 0.715. The number of aryl methyl sites for hydroxylation is 2. The van der Waals surface area contributed by atoms with Crippen molar-refractivity contribution in [3.05, 3.63) is 41.9 Å². The molecule has 114 valence electrons. The van der Waals surface area contributed by atoms with E-state index in [0.717, 1.165) is 43.4 Å². The monoisotopic (exact) mass is 287 g/mol. The van der Waals surface area contributed by atoms with E-state index in [1.54, 1.807) is 0 Å². The first-order chi connectivity index (χ1) is 10.2. The Morgan fingerprint density at radius 3 is 2.90 bits per heavy atom. The molecule has 0 spiro atoms. The molecule has 0 aliphatic carbocycles. The Morgan fingerprint density at radius 2 is 2.19 bits per heavy atom. The maximum atomic E-state index is 5.84. The van der Waals surface area contributed by atoms with Crippen LogP contribution in [-0.4, -0.2) is 27.5 Å². The molecule has 3 rings (SSSR count). The lowest BCUT2D eigenvalue weighted by molar-refractivity contribution is 0.145. The van der Waals surface area contributed by atoms with Gasteiger partial charge in [0.05, 0.1) is 6.54 Å². The number of nitrogens with zero attached hydrogens (tertiary/aromatic N) is 3. The standard InChI is InChI=1S/C17H25N3O/c1-3-16-6-7-17(21-16)13-19-9-4-5-15(11-19)12-20-10-8-18-14(20)2/h6-8,10,15H,3-5,9,11-13H2,1-2H3. The molecule has 4 nitrogen and oxygen atoms in total. The Morgan fingerprint density at radius 1 is 1.33 bits per heavy atom. The second-order valence-electron chi connectivity index (χ2n) is 6.09. The lowest BCUT2D eigenvalue weighted by atomic mass is 9.98. The van der Waals surface area contributed by atoms with Crippen molar-refractivity contribution in [2.45, 2.75) is 46.2 Å². The molecule has 0 radical (unpaired) electrons. The molecule has 0 bridgehead atoms. The van der Waals surface area contributed by atoms with Crippen LogP contribution < -0.4 is 0 Å². The second kappa shape index (κ2) is 6.48. The molecule has 3 heterocycles. The summed E-state index contributed by atoms with van der Waals surface area (Å²) in [6, 6.07) is 4.23. The minimum Gasteiger partial charge on any atom is -0.465 e. The zero-order chi connectivity index (χ0) is 14.7. The number of hydrogen-bond acceptors (Lipinski definition) is 3. The highest BCUT2D eigenvalue weighted by Crippen LogP contribution is 2.21. The molecule has 0 aromatic carbocycles. The maximum Gasteiger partial charge on any atom is 0.118 e. The third-order valence-corrected chi connectivity index (χ3v) is 4.43. The van der Waals surface area contributed by atoms with E-state index in [-0.39, 0.29) is 0 Å². The lowest BCUT2D eigenvalue weighted by Crippen LogP contribution is -2.36. The number of rotatable bonds is 5. The highest BCUT2D eigenvalue weighted by Gasteiger charge is 2.21. The zero-order valence-electron chi connectivity index (χ0n) is 13.1. The number of likely N-dealkylation sites (tertiary alicyclic amines) is 1. The summed E-state index contributed by atoms with van der Waals surface area (Å²) in [4.78, 5) is 6.84. The number of hydrogen-bond donors (Lipinski definition) is 0. The van der Waals surface area contributed by atoms with E-state index in [4.69, 9.17) is 4.42 Å². The van der Waals surface area contributed by atoms with Crippen LogP contribution >= 0.6 is 0 Å². The Balaban J connectivity index is 1.56. The number of aromatic nitrogens is 2. The topological polar surface area (TPSA) is 34.2 Å². The lowest BCUT2D eigenvalue weighted by Gasteiger charge is -2.32. The molecule has 0 N–H and O–H groups in total. The Kier molecular flexibility index (Phi) is 4.44. The minimum atomic E-state index is 0.715. The van der Waals surface area contributed by atoms with Gasteiger partial charge in [-0.05, 0) is 44.4 Å². The van der Waals surface area contributed by atoms with Gasteiger partial charge in [0.25, 0.3) is 0 Å². The van der Waals surface area contributed by atoms with Crippen LogP contribution in [0.25, 0.3) is 0 Å². The van der Waals surface area contributed by atoms with Gasteiger partial charge in [-0.25, -0.2) is 4.98 Å². The summed E-state index contributed by atoms with van der Waals surface area (Å²) in [6.45, 7) is 8.57. The Hall–Kier alpha value is -1.55. The van der Waals surface area contributed by atoms with Crippen LogP contribution in [0.15, 0.2) is 28.9 Å². The summed E-state index contributed by atoms with van der Waals surface area (Å²) >= 11 is 0. The highest BCUT2D eigenvalue weighted by atomic mass is 16.3. The highest BCUT2D eigenvalue weighted by molar-refractivity contribution is 5.07. The molecule has 21 heavy (non-hydrogen) atoms. The van der Waals surface area contributed by atoms with E-state index in [1.807, 2.05) is 6.20 Å². The van der Waals surface area contributed by atoms with Crippen molar-refractivity contribution in [2.75, 3.05) is 13.1 Å². The summed E-state index contributed by atoms with van der Waals surface area (Å²) in [6.07, 6.45) is 7.55. The van der Waals surface area contributed by atoms with Gasteiger partial charge in [0.15, 0.2) is 0 Å². The maximum absolute atomic E-state index is 5.84. The van der Waals surface area contributed by atoms with Gasteiger partial charge in [0.1, 0.15) is 17.3 Å².